The number of carboxylic acids is 1. The SMILES string of the molecule is O=C(O)c1c(-c2ccccc2F)nn2c1OC(CO)CC2. The van der Waals surface area contributed by atoms with Crippen molar-refractivity contribution in [2.45, 2.75) is 19.1 Å². The van der Waals surface area contributed by atoms with Crippen LogP contribution in [0.25, 0.3) is 11.3 Å². The van der Waals surface area contributed by atoms with Crippen molar-refractivity contribution in [3.05, 3.63) is 35.6 Å². The number of aliphatic hydroxyl groups is 1. The summed E-state index contributed by atoms with van der Waals surface area (Å²) in [7, 11) is 0. The van der Waals surface area contributed by atoms with Crippen LogP contribution in [-0.2, 0) is 6.54 Å². The summed E-state index contributed by atoms with van der Waals surface area (Å²) in [5, 5.41) is 22.7. The van der Waals surface area contributed by atoms with Crippen LogP contribution >= 0.6 is 0 Å². The summed E-state index contributed by atoms with van der Waals surface area (Å²) in [4.78, 5) is 11.5. The van der Waals surface area contributed by atoms with E-state index in [1.165, 1.54) is 22.9 Å². The van der Waals surface area contributed by atoms with Gasteiger partial charge in [0.05, 0.1) is 6.61 Å². The minimum Gasteiger partial charge on any atom is -0.477 e. The van der Waals surface area contributed by atoms with Gasteiger partial charge in [0.1, 0.15) is 23.2 Å². The number of carbonyl (C=O) groups is 1. The number of hydrogen-bond acceptors (Lipinski definition) is 4. The van der Waals surface area contributed by atoms with Gasteiger partial charge in [-0.3, -0.25) is 0 Å². The van der Waals surface area contributed by atoms with Crippen LogP contribution in [0.3, 0.4) is 0 Å². The second-order valence-corrected chi connectivity index (χ2v) is 4.75. The molecule has 6 nitrogen and oxygen atoms in total. The number of ether oxygens (including phenoxy) is 1. The van der Waals surface area contributed by atoms with Gasteiger partial charge in [0, 0.05) is 18.5 Å². The fourth-order valence-electron chi connectivity index (χ4n) is 2.36. The zero-order valence-corrected chi connectivity index (χ0v) is 11.0. The summed E-state index contributed by atoms with van der Waals surface area (Å²) in [5.74, 6) is -1.73. The highest BCUT2D eigenvalue weighted by atomic mass is 19.1. The number of rotatable bonds is 3. The Bertz CT molecular complexity index is 698. The van der Waals surface area contributed by atoms with Crippen LogP contribution in [0.4, 0.5) is 4.39 Å². The number of aryl methyl sites for hydroxylation is 1. The highest BCUT2D eigenvalue weighted by molar-refractivity contribution is 5.97. The Labute approximate surface area is 119 Å². The second kappa shape index (κ2) is 5.17. The monoisotopic (exact) mass is 292 g/mol. The molecule has 1 unspecified atom stereocenters. The van der Waals surface area contributed by atoms with E-state index in [4.69, 9.17) is 9.84 Å². The topological polar surface area (TPSA) is 84.6 Å². The molecule has 0 spiro atoms. The first-order valence-electron chi connectivity index (χ1n) is 6.48. The summed E-state index contributed by atoms with van der Waals surface area (Å²) in [6.45, 7) is 0.203. The Kier molecular flexibility index (Phi) is 3.34. The van der Waals surface area contributed by atoms with Crippen LogP contribution in [0.1, 0.15) is 16.8 Å². The van der Waals surface area contributed by atoms with E-state index in [2.05, 4.69) is 5.10 Å². The van der Waals surface area contributed by atoms with Crippen molar-refractivity contribution in [3.8, 4) is 17.1 Å². The number of aliphatic hydroxyl groups excluding tert-OH is 1. The Morgan fingerprint density at radius 1 is 1.48 bits per heavy atom. The number of hydrogen-bond donors (Lipinski definition) is 2. The number of carboxylic acid groups (broad SMARTS) is 1. The van der Waals surface area contributed by atoms with Gasteiger partial charge in [-0.2, -0.15) is 5.10 Å². The lowest BCUT2D eigenvalue weighted by atomic mass is 10.1. The largest absolute Gasteiger partial charge is 0.477 e. The zero-order chi connectivity index (χ0) is 15.0. The standard InChI is InChI=1S/C14H13FN2O4/c15-10-4-2-1-3-9(10)12-11(14(19)20)13-17(16-12)6-5-8(7-18)21-13/h1-4,8,18H,5-7H2,(H,19,20). The predicted octanol–water partition coefficient (Wildman–Crippen LogP) is 1.53. The first-order valence-corrected chi connectivity index (χ1v) is 6.48. The van der Waals surface area contributed by atoms with E-state index in [0.717, 1.165) is 0 Å². The van der Waals surface area contributed by atoms with Crippen LogP contribution < -0.4 is 4.74 Å². The summed E-state index contributed by atoms with van der Waals surface area (Å²) in [5.41, 5.74) is -0.0339. The molecule has 1 aliphatic heterocycles. The molecule has 2 N–H and O–H groups in total. The van der Waals surface area contributed by atoms with Gasteiger partial charge in [-0.1, -0.05) is 12.1 Å². The van der Waals surface area contributed by atoms with Crippen molar-refractivity contribution in [1.82, 2.24) is 9.78 Å². The van der Waals surface area contributed by atoms with Crippen LogP contribution in [0, 0.1) is 5.82 Å². The molecule has 1 atom stereocenters. The van der Waals surface area contributed by atoms with E-state index in [1.54, 1.807) is 6.07 Å². The van der Waals surface area contributed by atoms with Gasteiger partial charge < -0.3 is 14.9 Å². The summed E-state index contributed by atoms with van der Waals surface area (Å²) in [6, 6.07) is 5.85. The summed E-state index contributed by atoms with van der Waals surface area (Å²) < 4.78 is 20.8. The fraction of sp³-hybridized carbons (Fsp3) is 0.286. The van der Waals surface area contributed by atoms with E-state index < -0.39 is 17.9 Å². The van der Waals surface area contributed by atoms with E-state index in [1.807, 2.05) is 0 Å². The van der Waals surface area contributed by atoms with Crippen molar-refractivity contribution in [2.75, 3.05) is 6.61 Å². The first-order chi connectivity index (χ1) is 10.1. The second-order valence-electron chi connectivity index (χ2n) is 4.75. The molecule has 3 rings (SSSR count). The molecular weight excluding hydrogens is 279 g/mol. The summed E-state index contributed by atoms with van der Waals surface area (Å²) >= 11 is 0. The molecule has 0 saturated carbocycles. The molecule has 0 saturated heterocycles. The Hall–Kier alpha value is -2.41. The quantitative estimate of drug-likeness (QED) is 0.896. The third-order valence-electron chi connectivity index (χ3n) is 3.39. The van der Waals surface area contributed by atoms with Gasteiger partial charge in [-0.05, 0) is 12.1 Å². The zero-order valence-electron chi connectivity index (χ0n) is 11.0. The molecule has 7 heteroatoms. The normalized spacial score (nSPS) is 17.1. The number of halogens is 1. The van der Waals surface area contributed by atoms with E-state index >= 15 is 0 Å². The van der Waals surface area contributed by atoms with Crippen LogP contribution in [-0.4, -0.2) is 38.7 Å². The van der Waals surface area contributed by atoms with Crippen molar-refractivity contribution in [3.63, 3.8) is 0 Å². The number of benzene rings is 1. The van der Waals surface area contributed by atoms with Crippen molar-refractivity contribution in [2.24, 2.45) is 0 Å². The van der Waals surface area contributed by atoms with Crippen molar-refractivity contribution >= 4 is 5.97 Å². The maximum absolute atomic E-state index is 13.9. The number of nitrogens with zero attached hydrogens (tertiary/aromatic N) is 2. The van der Waals surface area contributed by atoms with Gasteiger partial charge in [0.2, 0.25) is 5.88 Å². The number of aromatic nitrogens is 2. The average Bonchev–Trinajstić information content (AvgIpc) is 2.85. The Balaban J connectivity index is 2.17. The molecule has 0 bridgehead atoms. The Morgan fingerprint density at radius 2 is 2.24 bits per heavy atom. The highest BCUT2D eigenvalue weighted by Gasteiger charge is 2.31. The van der Waals surface area contributed by atoms with Gasteiger partial charge in [-0.15, -0.1) is 0 Å². The van der Waals surface area contributed by atoms with Crippen molar-refractivity contribution in [1.29, 1.82) is 0 Å². The fourth-order valence-corrected chi connectivity index (χ4v) is 2.36. The van der Waals surface area contributed by atoms with E-state index in [0.29, 0.717) is 13.0 Å². The maximum Gasteiger partial charge on any atom is 0.343 e. The molecule has 0 aliphatic carbocycles. The molecule has 0 fully saturated rings. The molecule has 1 aromatic heterocycles. The molecule has 0 amide bonds. The van der Waals surface area contributed by atoms with E-state index in [9.17, 15) is 14.3 Å². The van der Waals surface area contributed by atoms with Crippen LogP contribution in [0.2, 0.25) is 0 Å². The van der Waals surface area contributed by atoms with Gasteiger partial charge in [0.25, 0.3) is 0 Å². The lowest BCUT2D eigenvalue weighted by Crippen LogP contribution is -2.29. The molecular formula is C14H13FN2O4. The minimum absolute atomic E-state index is 0.0363. The molecule has 110 valence electrons. The van der Waals surface area contributed by atoms with Crippen LogP contribution in [0.5, 0.6) is 5.88 Å². The molecule has 1 aromatic carbocycles. The van der Waals surface area contributed by atoms with Gasteiger partial charge in [-0.25, -0.2) is 13.9 Å². The average molecular weight is 292 g/mol. The third kappa shape index (κ3) is 2.25. The molecule has 0 radical (unpaired) electrons. The van der Waals surface area contributed by atoms with Crippen LogP contribution in [0.15, 0.2) is 24.3 Å². The number of aromatic carboxylic acids is 1. The summed E-state index contributed by atoms with van der Waals surface area (Å²) in [6.07, 6.45) is 0.0433. The molecule has 1 aliphatic rings. The Morgan fingerprint density at radius 3 is 2.90 bits per heavy atom. The minimum atomic E-state index is -1.24. The predicted molar refractivity (Wildman–Crippen MR) is 70.7 cm³/mol. The first kappa shape index (κ1) is 13.6. The molecule has 2 heterocycles. The number of fused-ring (bicyclic) bond motifs is 1. The van der Waals surface area contributed by atoms with Gasteiger partial charge >= 0.3 is 5.97 Å². The third-order valence-corrected chi connectivity index (χ3v) is 3.39. The highest BCUT2D eigenvalue weighted by Crippen LogP contribution is 2.34. The van der Waals surface area contributed by atoms with Gasteiger partial charge in [0.15, 0.2) is 0 Å². The molecule has 21 heavy (non-hydrogen) atoms. The van der Waals surface area contributed by atoms with Crippen molar-refractivity contribution < 1.29 is 24.1 Å². The molecule has 2 aromatic rings. The lowest BCUT2D eigenvalue weighted by Gasteiger charge is -2.23. The smallest absolute Gasteiger partial charge is 0.343 e. The maximum atomic E-state index is 13.9. The van der Waals surface area contributed by atoms with E-state index in [-0.39, 0.29) is 29.3 Å². The lowest BCUT2D eigenvalue weighted by molar-refractivity contribution is 0.0620.